The SMILES string of the molecule is C=C1C[C@@H](NC(=O)OCc2ccccc2)CN1C(=O)OC(C)(C)C. The Hall–Kier alpha value is -2.50. The number of alkyl carbamates (subject to hydrolysis) is 1. The minimum Gasteiger partial charge on any atom is -0.445 e. The van der Waals surface area contributed by atoms with Crippen molar-refractivity contribution in [3.05, 3.63) is 48.2 Å². The predicted molar refractivity (Wildman–Crippen MR) is 90.2 cm³/mol. The maximum Gasteiger partial charge on any atom is 0.414 e. The maximum atomic E-state index is 12.1. The highest BCUT2D eigenvalue weighted by Crippen LogP contribution is 2.23. The zero-order chi connectivity index (χ0) is 17.7. The molecule has 1 aromatic carbocycles. The van der Waals surface area contributed by atoms with E-state index in [1.165, 1.54) is 4.90 Å². The molecular formula is C18H24N2O4. The summed E-state index contributed by atoms with van der Waals surface area (Å²) in [6.45, 7) is 9.82. The second-order valence-electron chi connectivity index (χ2n) is 6.76. The standard InChI is InChI=1S/C18H24N2O4/c1-13-10-15(11-20(13)17(22)24-18(2,3)4)19-16(21)23-12-14-8-6-5-7-9-14/h5-9,15H,1,10-12H2,2-4H3,(H,19,21)/t15-/m1/s1. The number of nitrogens with zero attached hydrogens (tertiary/aromatic N) is 1. The smallest absolute Gasteiger partial charge is 0.414 e. The molecule has 0 bridgehead atoms. The topological polar surface area (TPSA) is 67.9 Å². The number of hydrogen-bond acceptors (Lipinski definition) is 4. The van der Waals surface area contributed by atoms with E-state index >= 15 is 0 Å². The van der Waals surface area contributed by atoms with E-state index < -0.39 is 17.8 Å². The summed E-state index contributed by atoms with van der Waals surface area (Å²) >= 11 is 0. The van der Waals surface area contributed by atoms with Crippen molar-refractivity contribution < 1.29 is 19.1 Å². The average Bonchev–Trinajstić information content (AvgIpc) is 2.85. The van der Waals surface area contributed by atoms with Crippen LogP contribution in [0.15, 0.2) is 42.6 Å². The molecular weight excluding hydrogens is 308 g/mol. The van der Waals surface area contributed by atoms with Crippen LogP contribution in [0.4, 0.5) is 9.59 Å². The Bertz CT molecular complexity index is 607. The second kappa shape index (κ2) is 7.38. The molecule has 1 atom stereocenters. The fourth-order valence-electron chi connectivity index (χ4n) is 2.36. The summed E-state index contributed by atoms with van der Waals surface area (Å²) in [7, 11) is 0. The van der Waals surface area contributed by atoms with Crippen molar-refractivity contribution in [2.45, 2.75) is 45.4 Å². The van der Waals surface area contributed by atoms with E-state index in [0.717, 1.165) is 5.56 Å². The Morgan fingerprint density at radius 1 is 1.29 bits per heavy atom. The van der Waals surface area contributed by atoms with Crippen molar-refractivity contribution in [1.29, 1.82) is 0 Å². The van der Waals surface area contributed by atoms with Gasteiger partial charge in [0.15, 0.2) is 0 Å². The fourth-order valence-corrected chi connectivity index (χ4v) is 2.36. The Morgan fingerprint density at radius 2 is 1.96 bits per heavy atom. The van der Waals surface area contributed by atoms with Crippen LogP contribution >= 0.6 is 0 Å². The highest BCUT2D eigenvalue weighted by Gasteiger charge is 2.33. The van der Waals surface area contributed by atoms with E-state index in [1.807, 2.05) is 30.3 Å². The van der Waals surface area contributed by atoms with Gasteiger partial charge in [0.2, 0.25) is 0 Å². The fraction of sp³-hybridized carbons (Fsp3) is 0.444. The van der Waals surface area contributed by atoms with Crippen molar-refractivity contribution in [1.82, 2.24) is 10.2 Å². The minimum atomic E-state index is -0.572. The van der Waals surface area contributed by atoms with Crippen LogP contribution in [0.5, 0.6) is 0 Å². The molecule has 6 heteroatoms. The number of carbonyl (C=O) groups is 2. The predicted octanol–water partition coefficient (Wildman–Crippen LogP) is 3.44. The maximum absolute atomic E-state index is 12.1. The molecule has 0 spiro atoms. The lowest BCUT2D eigenvalue weighted by Crippen LogP contribution is -2.40. The van der Waals surface area contributed by atoms with Crippen LogP contribution in [0.3, 0.4) is 0 Å². The number of likely N-dealkylation sites (tertiary alicyclic amines) is 1. The van der Waals surface area contributed by atoms with Crippen molar-refractivity contribution in [3.63, 3.8) is 0 Å². The molecule has 2 rings (SSSR count). The molecule has 6 nitrogen and oxygen atoms in total. The number of amides is 2. The summed E-state index contributed by atoms with van der Waals surface area (Å²) in [5.74, 6) is 0. The quantitative estimate of drug-likeness (QED) is 0.921. The first-order valence-electron chi connectivity index (χ1n) is 7.90. The molecule has 0 aromatic heterocycles. The molecule has 130 valence electrons. The van der Waals surface area contributed by atoms with E-state index in [4.69, 9.17) is 9.47 Å². The van der Waals surface area contributed by atoms with E-state index in [2.05, 4.69) is 11.9 Å². The average molecular weight is 332 g/mol. The van der Waals surface area contributed by atoms with Gasteiger partial charge in [-0.15, -0.1) is 0 Å². The van der Waals surface area contributed by atoms with Crippen molar-refractivity contribution >= 4 is 12.2 Å². The summed E-state index contributed by atoms with van der Waals surface area (Å²) in [4.78, 5) is 25.5. The van der Waals surface area contributed by atoms with E-state index in [-0.39, 0.29) is 12.6 Å². The molecule has 2 amide bonds. The zero-order valence-corrected chi connectivity index (χ0v) is 14.4. The summed E-state index contributed by atoms with van der Waals surface area (Å²) in [6.07, 6.45) is -0.475. The lowest BCUT2D eigenvalue weighted by atomic mass is 10.2. The van der Waals surface area contributed by atoms with Crippen molar-refractivity contribution in [2.24, 2.45) is 0 Å². The van der Waals surface area contributed by atoms with Gasteiger partial charge in [-0.25, -0.2) is 9.59 Å². The van der Waals surface area contributed by atoms with Crippen LogP contribution in [-0.2, 0) is 16.1 Å². The van der Waals surface area contributed by atoms with Gasteiger partial charge in [0, 0.05) is 18.7 Å². The van der Waals surface area contributed by atoms with Crippen LogP contribution in [-0.4, -0.2) is 35.3 Å². The molecule has 1 aliphatic rings. The highest BCUT2D eigenvalue weighted by molar-refractivity contribution is 5.72. The van der Waals surface area contributed by atoms with Gasteiger partial charge in [0.05, 0.1) is 6.04 Å². The van der Waals surface area contributed by atoms with Crippen LogP contribution in [0.25, 0.3) is 0 Å². The van der Waals surface area contributed by atoms with Gasteiger partial charge in [-0.05, 0) is 26.3 Å². The molecule has 0 radical (unpaired) electrons. The molecule has 1 N–H and O–H groups in total. The van der Waals surface area contributed by atoms with Gasteiger partial charge in [-0.2, -0.15) is 0 Å². The van der Waals surface area contributed by atoms with E-state index in [1.54, 1.807) is 20.8 Å². The minimum absolute atomic E-state index is 0.204. The van der Waals surface area contributed by atoms with Crippen LogP contribution in [0, 0.1) is 0 Å². The molecule has 1 aromatic rings. The number of carbonyl (C=O) groups excluding carboxylic acids is 2. The largest absolute Gasteiger partial charge is 0.445 e. The molecule has 1 aliphatic heterocycles. The van der Waals surface area contributed by atoms with Crippen molar-refractivity contribution in [3.8, 4) is 0 Å². The normalized spacial score (nSPS) is 17.5. The molecule has 0 saturated carbocycles. The Balaban J connectivity index is 1.80. The third-order valence-corrected chi connectivity index (χ3v) is 3.42. The van der Waals surface area contributed by atoms with Crippen LogP contribution in [0.2, 0.25) is 0 Å². The summed E-state index contributed by atoms with van der Waals surface area (Å²) in [5, 5.41) is 2.76. The first kappa shape index (κ1) is 17.8. The monoisotopic (exact) mass is 332 g/mol. The van der Waals surface area contributed by atoms with Gasteiger partial charge in [0.25, 0.3) is 0 Å². The van der Waals surface area contributed by atoms with Crippen LogP contribution < -0.4 is 5.32 Å². The van der Waals surface area contributed by atoms with E-state index in [0.29, 0.717) is 18.7 Å². The lowest BCUT2D eigenvalue weighted by Gasteiger charge is -2.24. The summed E-state index contributed by atoms with van der Waals surface area (Å²) in [5.41, 5.74) is 0.966. The number of hydrogen-bond donors (Lipinski definition) is 1. The molecule has 0 unspecified atom stereocenters. The van der Waals surface area contributed by atoms with E-state index in [9.17, 15) is 9.59 Å². The van der Waals surface area contributed by atoms with Crippen LogP contribution in [0.1, 0.15) is 32.8 Å². The Morgan fingerprint density at radius 3 is 2.58 bits per heavy atom. The summed E-state index contributed by atoms with van der Waals surface area (Å²) < 4.78 is 10.5. The zero-order valence-electron chi connectivity index (χ0n) is 14.4. The van der Waals surface area contributed by atoms with Gasteiger partial charge in [-0.1, -0.05) is 36.9 Å². The Labute approximate surface area is 142 Å². The molecule has 1 heterocycles. The lowest BCUT2D eigenvalue weighted by molar-refractivity contribution is 0.0333. The van der Waals surface area contributed by atoms with Gasteiger partial charge in [0.1, 0.15) is 12.2 Å². The third-order valence-electron chi connectivity index (χ3n) is 3.42. The first-order chi connectivity index (χ1) is 11.2. The molecule has 24 heavy (non-hydrogen) atoms. The second-order valence-corrected chi connectivity index (χ2v) is 6.76. The van der Waals surface area contributed by atoms with Gasteiger partial charge < -0.3 is 14.8 Å². The molecule has 1 fully saturated rings. The highest BCUT2D eigenvalue weighted by atomic mass is 16.6. The first-order valence-corrected chi connectivity index (χ1v) is 7.90. The number of nitrogens with one attached hydrogen (secondary N) is 1. The number of rotatable bonds is 3. The summed E-state index contributed by atoms with van der Waals surface area (Å²) in [6, 6.07) is 9.21. The molecule has 0 aliphatic carbocycles. The van der Waals surface area contributed by atoms with Gasteiger partial charge in [-0.3, -0.25) is 4.90 Å². The Kier molecular flexibility index (Phi) is 5.49. The van der Waals surface area contributed by atoms with Crippen molar-refractivity contribution in [2.75, 3.05) is 6.54 Å². The molecule has 1 saturated heterocycles. The van der Waals surface area contributed by atoms with Gasteiger partial charge >= 0.3 is 12.2 Å². The number of ether oxygens (including phenoxy) is 2. The third kappa shape index (κ3) is 5.30. The number of benzene rings is 1.